The third-order valence-electron chi connectivity index (χ3n) is 8.23. The number of para-hydroxylation sites is 2. The molecule has 0 spiro atoms. The van der Waals surface area contributed by atoms with Crippen molar-refractivity contribution in [2.45, 2.75) is 57.7 Å². The largest absolute Gasteiger partial charge is 0.459 e. The molecule has 0 aromatic heterocycles. The van der Waals surface area contributed by atoms with E-state index in [0.29, 0.717) is 56.6 Å². The van der Waals surface area contributed by atoms with Crippen LogP contribution in [0.2, 0.25) is 0 Å². The van der Waals surface area contributed by atoms with E-state index in [2.05, 4.69) is 53.1 Å². The van der Waals surface area contributed by atoms with Crippen LogP contribution < -0.4 is 16.4 Å². The van der Waals surface area contributed by atoms with Crippen molar-refractivity contribution < 1.29 is 24.2 Å². The zero-order valence-electron chi connectivity index (χ0n) is 24.7. The smallest absolute Gasteiger partial charge is 0.286 e. The highest BCUT2D eigenvalue weighted by Crippen LogP contribution is 2.46. The minimum Gasteiger partial charge on any atom is -0.459 e. The number of hydrogen-bond donors (Lipinski definition) is 4. The highest BCUT2D eigenvalue weighted by atomic mass is 16.7. The first kappa shape index (κ1) is 30.3. The number of carbonyl (C=O) groups excluding carboxylic acids is 2. The molecule has 8 nitrogen and oxygen atoms in total. The van der Waals surface area contributed by atoms with E-state index in [0.717, 1.165) is 6.42 Å². The first-order valence-electron chi connectivity index (χ1n) is 15.2. The van der Waals surface area contributed by atoms with Crippen molar-refractivity contribution in [1.29, 1.82) is 0 Å². The SMILES string of the molecule is CCO[C@H]1OC(C(=O)NCCCCC(=O)Nc2ccccc2N)=C[C@@H](c2cccc3c2Cc2ccccc2-3)[C@@H]1CCCO. The monoisotopic (exact) mass is 583 g/mol. The van der Waals surface area contributed by atoms with Crippen LogP contribution in [0.1, 0.15) is 61.6 Å². The average Bonchev–Trinajstić information content (AvgIpc) is 3.40. The first-order valence-corrected chi connectivity index (χ1v) is 15.2. The third kappa shape index (κ3) is 7.09. The highest BCUT2D eigenvalue weighted by Gasteiger charge is 2.39. The standard InChI is InChI=1S/C35H41N3O5/c1-2-42-35-27(15-10-20-39)29(26-14-9-13-25-24-12-4-3-11-23(24)21-28(25)26)22-32(43-35)34(41)37-19-8-7-18-33(40)38-31-17-6-5-16-30(31)36/h3-6,9,11-14,16-17,22,27,29,35,39H,2,7-8,10,15,18-21,36H2,1H3,(H,37,41)(H,38,40)/t27-,29-,35-/m0/s1. The number of ether oxygens (including phenoxy) is 2. The van der Waals surface area contributed by atoms with E-state index in [4.69, 9.17) is 15.2 Å². The normalized spacial score (nSPS) is 18.7. The van der Waals surface area contributed by atoms with Gasteiger partial charge in [0.15, 0.2) is 5.76 Å². The van der Waals surface area contributed by atoms with Crippen LogP contribution in [0, 0.1) is 5.92 Å². The summed E-state index contributed by atoms with van der Waals surface area (Å²) in [6, 6.07) is 22.0. The summed E-state index contributed by atoms with van der Waals surface area (Å²) in [6.07, 6.45) is 5.05. The van der Waals surface area contributed by atoms with Gasteiger partial charge in [-0.25, -0.2) is 0 Å². The fourth-order valence-electron chi connectivity index (χ4n) is 6.14. The van der Waals surface area contributed by atoms with E-state index in [1.165, 1.54) is 27.8 Å². The van der Waals surface area contributed by atoms with Crippen molar-refractivity contribution in [3.63, 3.8) is 0 Å². The minimum atomic E-state index is -0.610. The van der Waals surface area contributed by atoms with E-state index < -0.39 is 6.29 Å². The van der Waals surface area contributed by atoms with Gasteiger partial charge in [0.05, 0.1) is 11.4 Å². The van der Waals surface area contributed by atoms with Gasteiger partial charge in [0.25, 0.3) is 5.91 Å². The summed E-state index contributed by atoms with van der Waals surface area (Å²) in [6.45, 7) is 2.85. The number of amides is 2. The van der Waals surface area contributed by atoms with Crippen molar-refractivity contribution in [1.82, 2.24) is 5.32 Å². The van der Waals surface area contributed by atoms with Crippen molar-refractivity contribution in [2.24, 2.45) is 5.92 Å². The fourth-order valence-corrected chi connectivity index (χ4v) is 6.14. The van der Waals surface area contributed by atoms with Gasteiger partial charge in [-0.05, 0) is 85.1 Å². The summed E-state index contributed by atoms with van der Waals surface area (Å²) in [4.78, 5) is 25.7. The summed E-state index contributed by atoms with van der Waals surface area (Å²) >= 11 is 0. The molecular formula is C35H41N3O5. The zero-order chi connectivity index (χ0) is 30.2. The Hall–Kier alpha value is -4.14. The van der Waals surface area contributed by atoms with Gasteiger partial charge in [-0.1, -0.05) is 54.6 Å². The van der Waals surface area contributed by atoms with Crippen LogP contribution in [0.15, 0.2) is 78.6 Å². The lowest BCUT2D eigenvalue weighted by molar-refractivity contribution is -0.166. The molecule has 0 bridgehead atoms. The van der Waals surface area contributed by atoms with Crippen LogP contribution in [0.3, 0.4) is 0 Å². The molecule has 0 fully saturated rings. The number of hydrogen-bond acceptors (Lipinski definition) is 6. The lowest BCUT2D eigenvalue weighted by Crippen LogP contribution is -2.39. The van der Waals surface area contributed by atoms with E-state index in [-0.39, 0.29) is 36.0 Å². The summed E-state index contributed by atoms with van der Waals surface area (Å²) in [7, 11) is 0. The van der Waals surface area contributed by atoms with Crippen molar-refractivity contribution in [3.8, 4) is 11.1 Å². The van der Waals surface area contributed by atoms with Gasteiger partial charge >= 0.3 is 0 Å². The average molecular weight is 584 g/mol. The van der Waals surface area contributed by atoms with Gasteiger partial charge in [0.2, 0.25) is 12.2 Å². The van der Waals surface area contributed by atoms with Crippen LogP contribution in [0.4, 0.5) is 11.4 Å². The number of aliphatic hydroxyl groups excluding tert-OH is 1. The second kappa shape index (κ2) is 14.4. The lowest BCUT2D eigenvalue weighted by Gasteiger charge is -2.37. The molecule has 1 aliphatic heterocycles. The Morgan fingerprint density at radius 2 is 1.79 bits per heavy atom. The Kier molecular flexibility index (Phi) is 10.1. The molecule has 8 heteroatoms. The molecule has 1 heterocycles. The molecule has 43 heavy (non-hydrogen) atoms. The molecule has 3 aromatic rings. The van der Waals surface area contributed by atoms with Crippen LogP contribution >= 0.6 is 0 Å². The van der Waals surface area contributed by atoms with E-state index in [1.54, 1.807) is 12.1 Å². The molecule has 2 aliphatic rings. The molecule has 3 atom stereocenters. The number of unbranched alkanes of at least 4 members (excludes halogenated alkanes) is 1. The van der Waals surface area contributed by atoms with Gasteiger partial charge in [0.1, 0.15) is 0 Å². The topological polar surface area (TPSA) is 123 Å². The Labute approximate surface area is 253 Å². The Bertz CT molecular complexity index is 1470. The van der Waals surface area contributed by atoms with Gasteiger partial charge in [-0.3, -0.25) is 9.59 Å². The quantitative estimate of drug-likeness (QED) is 0.122. The maximum Gasteiger partial charge on any atom is 0.286 e. The molecule has 5 rings (SSSR count). The molecule has 0 radical (unpaired) electrons. The highest BCUT2D eigenvalue weighted by molar-refractivity contribution is 5.94. The maximum absolute atomic E-state index is 13.3. The Morgan fingerprint density at radius 3 is 2.60 bits per heavy atom. The summed E-state index contributed by atoms with van der Waals surface area (Å²) < 4.78 is 12.2. The number of fused-ring (bicyclic) bond motifs is 3. The fraction of sp³-hybridized carbons (Fsp3) is 0.371. The maximum atomic E-state index is 13.3. The number of anilines is 2. The molecule has 2 amide bonds. The third-order valence-corrected chi connectivity index (χ3v) is 8.23. The Balaban J connectivity index is 1.28. The number of nitrogen functional groups attached to an aromatic ring is 1. The number of rotatable bonds is 13. The number of aliphatic hydroxyl groups is 1. The Morgan fingerprint density at radius 1 is 1.00 bits per heavy atom. The van der Waals surface area contributed by atoms with Gasteiger partial charge in [-0.2, -0.15) is 0 Å². The van der Waals surface area contributed by atoms with Gasteiger partial charge in [0, 0.05) is 38.0 Å². The number of nitrogens with one attached hydrogen (secondary N) is 2. The van der Waals surface area contributed by atoms with E-state index in [1.807, 2.05) is 25.1 Å². The molecule has 3 aromatic carbocycles. The first-order chi connectivity index (χ1) is 21.0. The summed E-state index contributed by atoms with van der Waals surface area (Å²) in [5, 5.41) is 15.4. The molecule has 0 unspecified atom stereocenters. The van der Waals surface area contributed by atoms with E-state index >= 15 is 0 Å². The molecule has 0 saturated heterocycles. The zero-order valence-corrected chi connectivity index (χ0v) is 24.7. The van der Waals surface area contributed by atoms with Crippen LogP contribution in [-0.2, 0) is 25.5 Å². The van der Waals surface area contributed by atoms with Gasteiger partial charge < -0.3 is 30.9 Å². The summed E-state index contributed by atoms with van der Waals surface area (Å²) in [5.41, 5.74) is 13.2. The molecule has 0 saturated carbocycles. The predicted molar refractivity (Wildman–Crippen MR) is 168 cm³/mol. The second-order valence-electron chi connectivity index (χ2n) is 11.1. The lowest BCUT2D eigenvalue weighted by atomic mass is 9.78. The van der Waals surface area contributed by atoms with Crippen molar-refractivity contribution >= 4 is 23.2 Å². The molecule has 226 valence electrons. The van der Waals surface area contributed by atoms with Crippen molar-refractivity contribution in [3.05, 3.63) is 95.3 Å². The second-order valence-corrected chi connectivity index (χ2v) is 11.1. The number of allylic oxidation sites excluding steroid dienone is 1. The van der Waals surface area contributed by atoms with Crippen LogP contribution in [0.5, 0.6) is 0 Å². The number of carbonyl (C=O) groups is 2. The minimum absolute atomic E-state index is 0.0592. The van der Waals surface area contributed by atoms with Crippen molar-refractivity contribution in [2.75, 3.05) is 30.8 Å². The molecule has 1 aliphatic carbocycles. The van der Waals surface area contributed by atoms with Crippen LogP contribution in [0.25, 0.3) is 11.1 Å². The molecule has 5 N–H and O–H groups in total. The predicted octanol–water partition coefficient (Wildman–Crippen LogP) is 5.51. The van der Waals surface area contributed by atoms with E-state index in [9.17, 15) is 14.7 Å². The number of nitrogens with two attached hydrogens (primary N) is 1. The number of benzene rings is 3. The van der Waals surface area contributed by atoms with Crippen LogP contribution in [-0.4, -0.2) is 43.0 Å². The van der Waals surface area contributed by atoms with Gasteiger partial charge in [-0.15, -0.1) is 0 Å². The summed E-state index contributed by atoms with van der Waals surface area (Å²) in [5.74, 6) is -0.342. The molecular weight excluding hydrogens is 542 g/mol.